The molecule has 0 saturated heterocycles. The number of carbonyl (C=O) groups is 1. The van der Waals surface area contributed by atoms with E-state index in [-0.39, 0.29) is 5.91 Å². The molecule has 116 valence electrons. The molecule has 0 radical (unpaired) electrons. The summed E-state index contributed by atoms with van der Waals surface area (Å²) in [6.07, 6.45) is 0. The SMILES string of the molecule is Cc1ccccc1CSCC(=O)NCCOc1ccccc1. The maximum Gasteiger partial charge on any atom is 0.230 e. The quantitative estimate of drug-likeness (QED) is 0.759. The highest BCUT2D eigenvalue weighted by Gasteiger charge is 2.03. The van der Waals surface area contributed by atoms with Gasteiger partial charge in [-0.1, -0.05) is 42.5 Å². The minimum absolute atomic E-state index is 0.0512. The van der Waals surface area contributed by atoms with Crippen LogP contribution in [0, 0.1) is 6.92 Å². The molecule has 0 aliphatic rings. The van der Waals surface area contributed by atoms with Crippen molar-refractivity contribution in [1.82, 2.24) is 5.32 Å². The largest absolute Gasteiger partial charge is 0.492 e. The van der Waals surface area contributed by atoms with Crippen molar-refractivity contribution in [2.24, 2.45) is 0 Å². The molecule has 2 rings (SSSR count). The number of rotatable bonds is 8. The molecule has 0 spiro atoms. The molecule has 0 aliphatic carbocycles. The van der Waals surface area contributed by atoms with Crippen LogP contribution in [0.2, 0.25) is 0 Å². The Bertz CT molecular complexity index is 587. The van der Waals surface area contributed by atoms with Gasteiger partial charge in [-0.25, -0.2) is 0 Å². The van der Waals surface area contributed by atoms with Crippen molar-refractivity contribution in [3.8, 4) is 5.75 Å². The molecule has 0 heterocycles. The zero-order valence-electron chi connectivity index (χ0n) is 12.7. The van der Waals surface area contributed by atoms with Gasteiger partial charge in [0.05, 0.1) is 12.3 Å². The Morgan fingerprint density at radius 1 is 1.09 bits per heavy atom. The van der Waals surface area contributed by atoms with Crippen LogP contribution >= 0.6 is 11.8 Å². The lowest BCUT2D eigenvalue weighted by Gasteiger charge is -2.08. The molecular formula is C18H21NO2S. The maximum absolute atomic E-state index is 11.7. The predicted molar refractivity (Wildman–Crippen MR) is 92.3 cm³/mol. The van der Waals surface area contributed by atoms with Gasteiger partial charge in [0.15, 0.2) is 0 Å². The molecular weight excluding hydrogens is 294 g/mol. The fourth-order valence-corrected chi connectivity index (χ4v) is 2.89. The van der Waals surface area contributed by atoms with E-state index in [1.165, 1.54) is 11.1 Å². The van der Waals surface area contributed by atoms with Gasteiger partial charge in [-0.15, -0.1) is 11.8 Å². The van der Waals surface area contributed by atoms with Crippen LogP contribution in [0.25, 0.3) is 0 Å². The number of para-hydroxylation sites is 1. The van der Waals surface area contributed by atoms with Gasteiger partial charge in [-0.05, 0) is 30.2 Å². The molecule has 4 heteroatoms. The van der Waals surface area contributed by atoms with Crippen molar-refractivity contribution < 1.29 is 9.53 Å². The third-order valence-electron chi connectivity index (χ3n) is 3.19. The Balaban J connectivity index is 1.57. The second kappa shape index (κ2) is 9.15. The molecule has 22 heavy (non-hydrogen) atoms. The first-order chi connectivity index (χ1) is 10.8. The Kier molecular flexibility index (Phi) is 6.84. The molecule has 0 fully saturated rings. The number of benzene rings is 2. The smallest absolute Gasteiger partial charge is 0.230 e. The maximum atomic E-state index is 11.7. The number of nitrogens with one attached hydrogen (secondary N) is 1. The second-order valence-corrected chi connectivity index (χ2v) is 5.92. The molecule has 3 nitrogen and oxygen atoms in total. The van der Waals surface area contributed by atoms with Crippen LogP contribution in [0.4, 0.5) is 0 Å². The van der Waals surface area contributed by atoms with E-state index in [1.54, 1.807) is 11.8 Å². The normalized spacial score (nSPS) is 10.2. The highest BCUT2D eigenvalue weighted by atomic mass is 32.2. The van der Waals surface area contributed by atoms with Gasteiger partial charge >= 0.3 is 0 Å². The summed E-state index contributed by atoms with van der Waals surface area (Å²) in [5, 5.41) is 2.87. The summed E-state index contributed by atoms with van der Waals surface area (Å²) >= 11 is 1.63. The van der Waals surface area contributed by atoms with Crippen LogP contribution in [0.3, 0.4) is 0 Å². The van der Waals surface area contributed by atoms with Gasteiger partial charge in [0.2, 0.25) is 5.91 Å². The standard InChI is InChI=1S/C18H21NO2S/c1-15-7-5-6-8-16(15)13-22-14-18(20)19-11-12-21-17-9-3-2-4-10-17/h2-10H,11-14H2,1H3,(H,19,20). The lowest BCUT2D eigenvalue weighted by atomic mass is 10.1. The van der Waals surface area contributed by atoms with Gasteiger partial charge in [0.1, 0.15) is 12.4 Å². The van der Waals surface area contributed by atoms with E-state index in [4.69, 9.17) is 4.74 Å². The summed E-state index contributed by atoms with van der Waals surface area (Å²) in [6, 6.07) is 17.9. The number of aryl methyl sites for hydroxylation is 1. The molecule has 0 bridgehead atoms. The number of carbonyl (C=O) groups excluding carboxylic acids is 1. The fourth-order valence-electron chi connectivity index (χ4n) is 1.95. The predicted octanol–water partition coefficient (Wildman–Crippen LogP) is 3.42. The molecule has 0 unspecified atom stereocenters. The summed E-state index contributed by atoms with van der Waals surface area (Å²) in [7, 11) is 0. The number of hydrogen-bond donors (Lipinski definition) is 1. The molecule has 1 amide bonds. The number of hydrogen-bond acceptors (Lipinski definition) is 3. The van der Waals surface area contributed by atoms with Crippen LogP contribution in [0.1, 0.15) is 11.1 Å². The van der Waals surface area contributed by atoms with Crippen LogP contribution in [0.15, 0.2) is 54.6 Å². The molecule has 2 aromatic carbocycles. The van der Waals surface area contributed by atoms with Crippen molar-refractivity contribution >= 4 is 17.7 Å². The fraction of sp³-hybridized carbons (Fsp3) is 0.278. The van der Waals surface area contributed by atoms with Crippen molar-refractivity contribution in [2.75, 3.05) is 18.9 Å². The van der Waals surface area contributed by atoms with E-state index in [0.29, 0.717) is 18.9 Å². The first-order valence-electron chi connectivity index (χ1n) is 7.32. The van der Waals surface area contributed by atoms with Crippen molar-refractivity contribution in [3.63, 3.8) is 0 Å². The van der Waals surface area contributed by atoms with Crippen molar-refractivity contribution in [2.45, 2.75) is 12.7 Å². The third-order valence-corrected chi connectivity index (χ3v) is 4.17. The van der Waals surface area contributed by atoms with E-state index in [9.17, 15) is 4.79 Å². The Morgan fingerprint density at radius 2 is 1.82 bits per heavy atom. The molecule has 2 aromatic rings. The number of amides is 1. The van der Waals surface area contributed by atoms with E-state index in [2.05, 4.69) is 24.4 Å². The van der Waals surface area contributed by atoms with Crippen LogP contribution in [-0.4, -0.2) is 24.8 Å². The monoisotopic (exact) mass is 315 g/mol. The highest BCUT2D eigenvalue weighted by molar-refractivity contribution is 7.99. The first-order valence-corrected chi connectivity index (χ1v) is 8.48. The van der Waals surface area contributed by atoms with Gasteiger partial charge < -0.3 is 10.1 Å². The number of thioether (sulfide) groups is 1. The molecule has 1 N–H and O–H groups in total. The van der Waals surface area contributed by atoms with Crippen LogP contribution < -0.4 is 10.1 Å². The highest BCUT2D eigenvalue weighted by Crippen LogP contribution is 2.15. The van der Waals surface area contributed by atoms with Gasteiger partial charge in [0.25, 0.3) is 0 Å². The number of ether oxygens (including phenoxy) is 1. The summed E-state index contributed by atoms with van der Waals surface area (Å²) in [5.74, 6) is 2.21. The Morgan fingerprint density at radius 3 is 2.59 bits per heavy atom. The summed E-state index contributed by atoms with van der Waals surface area (Å²) in [6.45, 7) is 3.10. The van der Waals surface area contributed by atoms with E-state index in [0.717, 1.165) is 11.5 Å². The molecule has 0 aromatic heterocycles. The van der Waals surface area contributed by atoms with E-state index < -0.39 is 0 Å². The minimum Gasteiger partial charge on any atom is -0.492 e. The molecule has 0 saturated carbocycles. The third kappa shape index (κ3) is 5.82. The van der Waals surface area contributed by atoms with Gasteiger partial charge in [-0.2, -0.15) is 0 Å². The first kappa shape index (κ1) is 16.4. The second-order valence-electron chi connectivity index (χ2n) is 4.93. The van der Waals surface area contributed by atoms with Gasteiger partial charge in [-0.3, -0.25) is 4.79 Å². The summed E-state index contributed by atoms with van der Waals surface area (Å²) in [4.78, 5) is 11.7. The topological polar surface area (TPSA) is 38.3 Å². The zero-order chi connectivity index (χ0) is 15.6. The zero-order valence-corrected chi connectivity index (χ0v) is 13.6. The Labute approximate surface area is 136 Å². The summed E-state index contributed by atoms with van der Waals surface area (Å²) < 4.78 is 5.52. The average molecular weight is 315 g/mol. The van der Waals surface area contributed by atoms with Crippen LogP contribution in [-0.2, 0) is 10.5 Å². The summed E-state index contributed by atoms with van der Waals surface area (Å²) in [5.41, 5.74) is 2.55. The average Bonchev–Trinajstić information content (AvgIpc) is 2.54. The molecule has 0 atom stereocenters. The van der Waals surface area contributed by atoms with Crippen molar-refractivity contribution in [3.05, 3.63) is 65.7 Å². The minimum atomic E-state index is 0.0512. The lowest BCUT2D eigenvalue weighted by molar-refractivity contribution is -0.118. The van der Waals surface area contributed by atoms with E-state index in [1.807, 2.05) is 42.5 Å². The Hall–Kier alpha value is -1.94. The van der Waals surface area contributed by atoms with Crippen LogP contribution in [0.5, 0.6) is 5.75 Å². The van der Waals surface area contributed by atoms with E-state index >= 15 is 0 Å². The van der Waals surface area contributed by atoms with Gasteiger partial charge in [0, 0.05) is 5.75 Å². The molecule has 0 aliphatic heterocycles. The lowest BCUT2D eigenvalue weighted by Crippen LogP contribution is -2.29. The van der Waals surface area contributed by atoms with Crippen molar-refractivity contribution in [1.29, 1.82) is 0 Å².